The summed E-state index contributed by atoms with van der Waals surface area (Å²) in [5.41, 5.74) is 9.94. The number of benzene rings is 1. The minimum Gasteiger partial charge on any atom is -0.405 e. The first-order valence-electron chi connectivity index (χ1n) is 9.62. The smallest absolute Gasteiger partial charge is 0.125 e. The third-order valence-electron chi connectivity index (χ3n) is 4.45. The van der Waals surface area contributed by atoms with Gasteiger partial charge in [0.15, 0.2) is 0 Å². The van der Waals surface area contributed by atoms with Gasteiger partial charge in [-0.3, -0.25) is 15.4 Å². The van der Waals surface area contributed by atoms with E-state index in [1.165, 1.54) is 18.3 Å². The lowest BCUT2D eigenvalue weighted by Crippen LogP contribution is -2.20. The highest BCUT2D eigenvalue weighted by Crippen LogP contribution is 2.42. The van der Waals surface area contributed by atoms with Gasteiger partial charge in [-0.15, -0.1) is 0 Å². The van der Waals surface area contributed by atoms with E-state index >= 15 is 0 Å². The number of amidine groups is 1. The summed E-state index contributed by atoms with van der Waals surface area (Å²) in [6.45, 7) is 6.50. The molecule has 0 saturated heterocycles. The fourth-order valence-corrected chi connectivity index (χ4v) is 2.87. The quantitative estimate of drug-likeness (QED) is 0.318. The number of nitrogens with two attached hydrogens (primary N) is 1. The van der Waals surface area contributed by atoms with E-state index in [4.69, 9.17) is 11.1 Å². The van der Waals surface area contributed by atoms with E-state index in [0.717, 1.165) is 35.1 Å². The molecule has 0 spiro atoms. The lowest BCUT2D eigenvalue weighted by Gasteiger charge is -2.09. The molecule has 0 unspecified atom stereocenters. The zero-order valence-electron chi connectivity index (χ0n) is 17.0. The first kappa shape index (κ1) is 22.0. The second-order valence-corrected chi connectivity index (χ2v) is 6.49. The Kier molecular flexibility index (Phi) is 8.27. The Bertz CT molecular complexity index is 919. The summed E-state index contributed by atoms with van der Waals surface area (Å²) in [6, 6.07) is 4.76. The molecule has 0 heterocycles. The Morgan fingerprint density at radius 3 is 2.76 bits per heavy atom. The van der Waals surface area contributed by atoms with Crippen molar-refractivity contribution in [1.29, 1.82) is 5.41 Å². The Morgan fingerprint density at radius 2 is 2.14 bits per heavy atom. The number of aliphatic imine (C=N–C) groups is 2. The van der Waals surface area contributed by atoms with E-state index in [2.05, 4.69) is 28.8 Å². The van der Waals surface area contributed by atoms with Gasteiger partial charge in [0, 0.05) is 13.6 Å². The van der Waals surface area contributed by atoms with Crippen LogP contribution in [0.3, 0.4) is 0 Å². The van der Waals surface area contributed by atoms with Crippen molar-refractivity contribution < 1.29 is 4.39 Å². The molecule has 5 nitrogen and oxygen atoms in total. The van der Waals surface area contributed by atoms with Crippen molar-refractivity contribution in [2.45, 2.75) is 26.2 Å². The number of allylic oxidation sites excluding steroid dienone is 3. The summed E-state index contributed by atoms with van der Waals surface area (Å²) >= 11 is 0. The molecule has 0 radical (unpaired) electrons. The Balaban J connectivity index is 2.33. The first-order valence-corrected chi connectivity index (χ1v) is 9.62. The fraction of sp³-hybridized carbons (Fsp3) is 0.261. The van der Waals surface area contributed by atoms with Crippen LogP contribution in [0.5, 0.6) is 0 Å². The third kappa shape index (κ3) is 6.10. The van der Waals surface area contributed by atoms with E-state index in [-0.39, 0.29) is 11.5 Å². The molecule has 0 amide bonds. The van der Waals surface area contributed by atoms with Crippen molar-refractivity contribution in [3.05, 3.63) is 77.9 Å². The minimum absolute atomic E-state index is 0.246. The molecule has 0 aromatic heterocycles. The van der Waals surface area contributed by atoms with Gasteiger partial charge in [-0.05, 0) is 71.8 Å². The van der Waals surface area contributed by atoms with Gasteiger partial charge in [-0.2, -0.15) is 0 Å². The van der Waals surface area contributed by atoms with Crippen molar-refractivity contribution in [1.82, 2.24) is 5.32 Å². The number of hydrogen-bond acceptors (Lipinski definition) is 4. The highest BCUT2D eigenvalue weighted by molar-refractivity contribution is 6.51. The topological polar surface area (TPSA) is 86.6 Å². The van der Waals surface area contributed by atoms with Crippen LogP contribution in [0.25, 0.3) is 5.57 Å². The second kappa shape index (κ2) is 10.9. The lowest BCUT2D eigenvalue weighted by molar-refractivity contribution is 0.628. The van der Waals surface area contributed by atoms with Crippen molar-refractivity contribution >= 4 is 22.8 Å². The Hall–Kier alpha value is -3.28. The second-order valence-electron chi connectivity index (χ2n) is 6.49. The summed E-state index contributed by atoms with van der Waals surface area (Å²) < 4.78 is 13.4. The van der Waals surface area contributed by atoms with Crippen LogP contribution in [0, 0.1) is 11.2 Å². The number of unbranched alkanes of at least 4 members (excludes halogenated alkanes) is 1. The van der Waals surface area contributed by atoms with E-state index in [0.29, 0.717) is 24.5 Å². The third-order valence-corrected chi connectivity index (χ3v) is 4.45. The summed E-state index contributed by atoms with van der Waals surface area (Å²) in [5.74, 6) is 0.391. The van der Waals surface area contributed by atoms with Gasteiger partial charge in [-0.25, -0.2) is 4.39 Å². The molecule has 29 heavy (non-hydrogen) atoms. The van der Waals surface area contributed by atoms with E-state index in [1.54, 1.807) is 25.4 Å². The van der Waals surface area contributed by atoms with Crippen LogP contribution in [-0.4, -0.2) is 30.9 Å². The van der Waals surface area contributed by atoms with Crippen LogP contribution in [0.4, 0.5) is 4.39 Å². The van der Waals surface area contributed by atoms with Gasteiger partial charge < -0.3 is 11.1 Å². The maximum Gasteiger partial charge on any atom is 0.125 e. The van der Waals surface area contributed by atoms with Crippen molar-refractivity contribution in [2.75, 3.05) is 13.6 Å². The van der Waals surface area contributed by atoms with Gasteiger partial charge in [0.05, 0.1) is 11.4 Å². The predicted molar refractivity (Wildman–Crippen MR) is 121 cm³/mol. The molecule has 0 saturated carbocycles. The Morgan fingerprint density at radius 1 is 1.34 bits per heavy atom. The van der Waals surface area contributed by atoms with Crippen LogP contribution in [0.1, 0.15) is 37.3 Å². The van der Waals surface area contributed by atoms with E-state index in [1.807, 2.05) is 12.2 Å². The number of hydrogen-bond donors (Lipinski definition) is 3. The van der Waals surface area contributed by atoms with Gasteiger partial charge in [0.1, 0.15) is 11.7 Å². The maximum absolute atomic E-state index is 13.4. The van der Waals surface area contributed by atoms with Crippen LogP contribution >= 0.6 is 0 Å². The average Bonchev–Trinajstić information content (AvgIpc) is 3.40. The maximum atomic E-state index is 13.4. The number of rotatable bonds is 10. The largest absolute Gasteiger partial charge is 0.405 e. The van der Waals surface area contributed by atoms with Gasteiger partial charge >= 0.3 is 0 Å². The Labute approximate surface area is 171 Å². The zero-order valence-corrected chi connectivity index (χ0v) is 17.0. The molecule has 152 valence electrons. The number of fused-ring (bicyclic) bond motifs is 1. The van der Waals surface area contributed by atoms with E-state index in [9.17, 15) is 4.39 Å². The monoisotopic (exact) mass is 393 g/mol. The molecule has 0 atom stereocenters. The number of nitrogens with one attached hydrogen (secondary N) is 2. The van der Waals surface area contributed by atoms with Gasteiger partial charge in [0.25, 0.3) is 0 Å². The summed E-state index contributed by atoms with van der Waals surface area (Å²) in [7, 11) is 1.62. The summed E-state index contributed by atoms with van der Waals surface area (Å²) in [4.78, 5) is 8.71. The molecule has 0 fully saturated rings. The first-order chi connectivity index (χ1) is 14.0. The lowest BCUT2D eigenvalue weighted by atomic mass is 10.0. The number of halogens is 1. The van der Waals surface area contributed by atoms with Crippen LogP contribution < -0.4 is 11.1 Å². The minimum atomic E-state index is -0.246. The fourth-order valence-electron chi connectivity index (χ4n) is 2.87. The summed E-state index contributed by atoms with van der Waals surface area (Å²) in [6.07, 6.45) is 10.9. The van der Waals surface area contributed by atoms with Crippen LogP contribution in [0.2, 0.25) is 0 Å². The molecule has 1 aromatic carbocycles. The van der Waals surface area contributed by atoms with Crippen LogP contribution in [-0.2, 0) is 0 Å². The van der Waals surface area contributed by atoms with E-state index < -0.39 is 0 Å². The molecule has 2 rings (SSSR count). The van der Waals surface area contributed by atoms with Gasteiger partial charge in [-0.1, -0.05) is 32.1 Å². The normalized spacial score (nSPS) is 15.6. The SMILES string of the molecule is C=CNC(/C=C(\C/C=C1\c2ccc(F)cc21)C(=N)C(C=CN)=NC)=NCCCC. The zero-order chi connectivity index (χ0) is 21.2. The molecule has 4 N–H and O–H groups in total. The predicted octanol–water partition coefficient (Wildman–Crippen LogP) is 4.38. The number of nitrogens with zero attached hydrogens (tertiary/aromatic N) is 2. The molecule has 6 heteroatoms. The summed E-state index contributed by atoms with van der Waals surface area (Å²) in [5, 5.41) is 11.6. The van der Waals surface area contributed by atoms with Crippen LogP contribution in [0.15, 0.2) is 71.0 Å². The molecule has 1 aromatic rings. The standard InChI is InChI=1S/C23H28FN5/c1-4-6-13-29-22(28-5-2)14-16(23(26)21(27-3)11-12-25)7-9-18-19-10-8-17(24)15-20(18)19/h5,8-12,14-15,26H,2,4,6-7,13,25H2,1,3H3,(H,28,29)/b12-11?,16-14+,18-9+,26-23?,27-21?. The van der Waals surface area contributed by atoms with Crippen molar-refractivity contribution in [3.8, 4) is 0 Å². The van der Waals surface area contributed by atoms with Crippen molar-refractivity contribution in [3.63, 3.8) is 0 Å². The molecular weight excluding hydrogens is 365 g/mol. The molecule has 1 aliphatic carbocycles. The molecule has 0 aliphatic heterocycles. The highest BCUT2D eigenvalue weighted by Gasteiger charge is 2.25. The van der Waals surface area contributed by atoms with Gasteiger partial charge in [0.2, 0.25) is 0 Å². The molecule has 1 aliphatic rings. The highest BCUT2D eigenvalue weighted by atomic mass is 19.1. The average molecular weight is 394 g/mol. The molecular formula is C23H28FN5. The molecule has 0 bridgehead atoms. The van der Waals surface area contributed by atoms with Crippen molar-refractivity contribution in [2.24, 2.45) is 15.7 Å².